The van der Waals surface area contributed by atoms with Gasteiger partial charge in [-0.25, -0.2) is 9.97 Å². The second-order valence-corrected chi connectivity index (χ2v) is 5.92. The van der Waals surface area contributed by atoms with Gasteiger partial charge in [0.05, 0.1) is 12.8 Å². The van der Waals surface area contributed by atoms with Gasteiger partial charge < -0.3 is 24.8 Å². The Balaban J connectivity index is 1.68. The second kappa shape index (κ2) is 7.99. The highest BCUT2D eigenvalue weighted by Gasteiger charge is 2.46. The zero-order chi connectivity index (χ0) is 19.3. The summed E-state index contributed by atoms with van der Waals surface area (Å²) in [5.41, 5.74) is -1.42. The number of ether oxygens (including phenoxy) is 2. The molecule has 2 aromatic rings. The normalized spacial score (nSPS) is 19.0. The Hall–Kier alpha value is -3.22. The van der Waals surface area contributed by atoms with E-state index in [1.54, 1.807) is 43.6 Å². The highest BCUT2D eigenvalue weighted by molar-refractivity contribution is 6.03. The summed E-state index contributed by atoms with van der Waals surface area (Å²) in [5, 5.41) is 22.0. The lowest BCUT2D eigenvalue weighted by Crippen LogP contribution is -2.38. The molecule has 0 bridgehead atoms. The number of anilines is 3. The van der Waals surface area contributed by atoms with Crippen LogP contribution in [-0.2, 0) is 9.53 Å². The van der Waals surface area contributed by atoms with Crippen LogP contribution in [0.1, 0.15) is 6.42 Å². The van der Waals surface area contributed by atoms with Crippen molar-refractivity contribution in [2.45, 2.75) is 12.0 Å². The highest BCUT2D eigenvalue weighted by Crippen LogP contribution is 2.29. The van der Waals surface area contributed by atoms with Gasteiger partial charge in [-0.3, -0.25) is 4.79 Å². The van der Waals surface area contributed by atoms with E-state index in [2.05, 4.69) is 15.3 Å². The van der Waals surface area contributed by atoms with Crippen LogP contribution < -0.4 is 15.0 Å². The largest absolute Gasteiger partial charge is 0.490 e. The molecule has 1 aliphatic rings. The fourth-order valence-corrected chi connectivity index (χ4v) is 2.62. The maximum atomic E-state index is 12.3. The van der Waals surface area contributed by atoms with Crippen LogP contribution in [0.5, 0.6) is 5.75 Å². The molecule has 3 heterocycles. The third-order valence-electron chi connectivity index (χ3n) is 4.08. The Morgan fingerprint density at radius 2 is 2.19 bits per heavy atom. The topological polar surface area (TPSA) is 121 Å². The Morgan fingerprint density at radius 3 is 2.85 bits per heavy atom. The molecule has 2 N–H and O–H groups in total. The fourth-order valence-electron chi connectivity index (χ4n) is 2.62. The lowest BCUT2D eigenvalue weighted by atomic mass is 10.1. The number of nitrogens with one attached hydrogen (secondary N) is 1. The smallest absolute Gasteiger partial charge is 0.273 e. The number of nitrogens with zero attached hydrogens (tertiary/aromatic N) is 4. The molecule has 0 aliphatic carbocycles. The van der Waals surface area contributed by atoms with Crippen LogP contribution in [0.4, 0.5) is 17.3 Å². The number of methoxy groups -OCH3 is 1. The van der Waals surface area contributed by atoms with E-state index in [-0.39, 0.29) is 13.0 Å². The molecule has 1 fully saturated rings. The molecule has 1 saturated heterocycles. The SMILES string of the molecule is COCCOc1ccc(Nc2cc(N3CC[C@](O)(C#N)C3=O)ccn2)nc1. The first-order valence-corrected chi connectivity index (χ1v) is 8.32. The summed E-state index contributed by atoms with van der Waals surface area (Å²) in [6.07, 6.45) is 3.19. The van der Waals surface area contributed by atoms with Crippen molar-refractivity contribution in [3.8, 4) is 11.8 Å². The third-order valence-corrected chi connectivity index (χ3v) is 4.08. The third kappa shape index (κ3) is 4.13. The van der Waals surface area contributed by atoms with E-state index in [0.717, 1.165) is 0 Å². The molecule has 140 valence electrons. The first-order valence-electron chi connectivity index (χ1n) is 8.32. The first-order chi connectivity index (χ1) is 13.1. The molecule has 0 radical (unpaired) electrons. The van der Waals surface area contributed by atoms with Crippen molar-refractivity contribution < 1.29 is 19.4 Å². The number of aliphatic hydroxyl groups is 1. The van der Waals surface area contributed by atoms with Crippen LogP contribution in [-0.4, -0.2) is 53.5 Å². The molecular formula is C18H19N5O4. The second-order valence-electron chi connectivity index (χ2n) is 5.92. The molecule has 1 amide bonds. The zero-order valence-corrected chi connectivity index (χ0v) is 14.8. The van der Waals surface area contributed by atoms with Gasteiger partial charge in [0, 0.05) is 38.0 Å². The lowest BCUT2D eigenvalue weighted by Gasteiger charge is -2.18. The average Bonchev–Trinajstić information content (AvgIpc) is 2.99. The summed E-state index contributed by atoms with van der Waals surface area (Å²) in [7, 11) is 1.60. The average molecular weight is 369 g/mol. The quantitative estimate of drug-likeness (QED) is 0.552. The Kier molecular flexibility index (Phi) is 5.49. The Bertz CT molecular complexity index is 852. The lowest BCUT2D eigenvalue weighted by molar-refractivity contribution is -0.128. The van der Waals surface area contributed by atoms with Crippen molar-refractivity contribution in [3.63, 3.8) is 0 Å². The van der Waals surface area contributed by atoms with Gasteiger partial charge in [-0.15, -0.1) is 0 Å². The van der Waals surface area contributed by atoms with E-state index in [9.17, 15) is 9.90 Å². The van der Waals surface area contributed by atoms with E-state index in [0.29, 0.717) is 36.3 Å². The van der Waals surface area contributed by atoms with Gasteiger partial charge in [0.1, 0.15) is 30.1 Å². The van der Waals surface area contributed by atoms with Gasteiger partial charge >= 0.3 is 0 Å². The Labute approximate surface area is 156 Å². The maximum absolute atomic E-state index is 12.3. The number of aromatic nitrogens is 2. The molecule has 0 saturated carbocycles. The van der Waals surface area contributed by atoms with Crippen LogP contribution in [0.3, 0.4) is 0 Å². The molecule has 0 aromatic carbocycles. The highest BCUT2D eigenvalue weighted by atomic mass is 16.5. The van der Waals surface area contributed by atoms with Crippen LogP contribution in [0.25, 0.3) is 0 Å². The molecule has 2 aromatic heterocycles. The summed E-state index contributed by atoms with van der Waals surface area (Å²) >= 11 is 0. The standard InChI is InChI=1S/C18H19N5O4/c1-26-8-9-27-14-2-3-15(21-11-14)22-16-10-13(4-6-20-16)23-7-5-18(25,12-19)17(23)24/h2-4,6,10-11,25H,5,7-9H2,1H3,(H,20,21,22)/t18-/m0/s1. The number of nitriles is 1. The number of carbonyl (C=O) groups is 1. The van der Waals surface area contributed by atoms with Gasteiger partial charge in [-0.05, 0) is 18.2 Å². The molecule has 0 spiro atoms. The van der Waals surface area contributed by atoms with Crippen molar-refractivity contribution in [2.75, 3.05) is 37.1 Å². The number of hydrogen-bond acceptors (Lipinski definition) is 8. The van der Waals surface area contributed by atoms with Crippen molar-refractivity contribution >= 4 is 23.2 Å². The zero-order valence-electron chi connectivity index (χ0n) is 14.8. The number of pyridine rings is 2. The van der Waals surface area contributed by atoms with Gasteiger partial charge in [-0.1, -0.05) is 0 Å². The summed E-state index contributed by atoms with van der Waals surface area (Å²) in [6.45, 7) is 1.19. The number of rotatable bonds is 7. The van der Waals surface area contributed by atoms with Crippen molar-refractivity contribution in [1.29, 1.82) is 5.26 Å². The van der Waals surface area contributed by atoms with Crippen molar-refractivity contribution in [2.24, 2.45) is 0 Å². The molecule has 3 rings (SSSR count). The van der Waals surface area contributed by atoms with Crippen molar-refractivity contribution in [1.82, 2.24) is 9.97 Å². The van der Waals surface area contributed by atoms with Crippen molar-refractivity contribution in [3.05, 3.63) is 36.7 Å². The van der Waals surface area contributed by atoms with E-state index in [4.69, 9.17) is 14.7 Å². The predicted octanol–water partition coefficient (Wildman–Crippen LogP) is 1.24. The van der Waals surface area contributed by atoms with Crippen LogP contribution in [0, 0.1) is 11.3 Å². The number of carbonyl (C=O) groups excluding carboxylic acids is 1. The maximum Gasteiger partial charge on any atom is 0.273 e. The van der Waals surface area contributed by atoms with Crippen LogP contribution >= 0.6 is 0 Å². The monoisotopic (exact) mass is 369 g/mol. The predicted molar refractivity (Wildman–Crippen MR) is 96.7 cm³/mol. The minimum Gasteiger partial charge on any atom is -0.490 e. The van der Waals surface area contributed by atoms with Crippen LogP contribution in [0.15, 0.2) is 36.7 Å². The first kappa shape index (κ1) is 18.6. The molecule has 9 nitrogen and oxygen atoms in total. The van der Waals surface area contributed by atoms with E-state index < -0.39 is 11.5 Å². The Morgan fingerprint density at radius 1 is 1.33 bits per heavy atom. The number of hydrogen-bond donors (Lipinski definition) is 2. The summed E-state index contributed by atoms with van der Waals surface area (Å²) in [4.78, 5) is 22.1. The van der Waals surface area contributed by atoms with E-state index in [1.807, 2.05) is 0 Å². The van der Waals surface area contributed by atoms with E-state index in [1.165, 1.54) is 11.1 Å². The molecule has 0 unspecified atom stereocenters. The van der Waals surface area contributed by atoms with Gasteiger partial charge in [0.15, 0.2) is 0 Å². The fraction of sp³-hybridized carbons (Fsp3) is 0.333. The van der Waals surface area contributed by atoms with Gasteiger partial charge in [0.2, 0.25) is 5.60 Å². The summed E-state index contributed by atoms with van der Waals surface area (Å²) in [5.74, 6) is 1.03. The molecule has 27 heavy (non-hydrogen) atoms. The minimum atomic E-state index is -1.96. The van der Waals surface area contributed by atoms with E-state index >= 15 is 0 Å². The molecule has 9 heteroatoms. The molecular weight excluding hydrogens is 350 g/mol. The summed E-state index contributed by atoms with van der Waals surface area (Å²) in [6, 6.07) is 8.49. The molecule has 1 aliphatic heterocycles. The summed E-state index contributed by atoms with van der Waals surface area (Å²) < 4.78 is 10.4. The van der Waals surface area contributed by atoms with Gasteiger partial charge in [-0.2, -0.15) is 5.26 Å². The minimum absolute atomic E-state index is 0.0690. The van der Waals surface area contributed by atoms with Crippen LogP contribution in [0.2, 0.25) is 0 Å². The number of amides is 1. The van der Waals surface area contributed by atoms with Gasteiger partial charge in [0.25, 0.3) is 5.91 Å². The molecule has 1 atom stereocenters.